The average Bonchev–Trinajstić information content (AvgIpc) is 3.08. The Labute approximate surface area is 172 Å². The van der Waals surface area contributed by atoms with Gasteiger partial charge in [0.1, 0.15) is 11.1 Å². The number of esters is 1. The largest absolute Gasteiger partial charge is 0.468 e. The molecule has 1 aromatic carbocycles. The first-order valence-corrected chi connectivity index (χ1v) is 10.5. The maximum Gasteiger partial charge on any atom is 0.318 e. The van der Waals surface area contributed by atoms with Gasteiger partial charge in [-0.1, -0.05) is 41.7 Å². The van der Waals surface area contributed by atoms with Crippen molar-refractivity contribution in [2.75, 3.05) is 7.11 Å². The lowest BCUT2D eigenvalue weighted by Gasteiger charge is -2.12. The first-order valence-electron chi connectivity index (χ1n) is 8.67. The van der Waals surface area contributed by atoms with Gasteiger partial charge in [-0.25, -0.2) is 9.97 Å². The molecule has 0 bridgehead atoms. The van der Waals surface area contributed by atoms with E-state index in [9.17, 15) is 4.79 Å². The van der Waals surface area contributed by atoms with Gasteiger partial charge in [0.15, 0.2) is 10.3 Å². The molecule has 0 aliphatic rings. The minimum absolute atomic E-state index is 0.299. The van der Waals surface area contributed by atoms with E-state index in [1.54, 1.807) is 6.92 Å². The van der Waals surface area contributed by atoms with Gasteiger partial charge in [-0.05, 0) is 39.0 Å². The lowest BCUT2D eigenvalue weighted by atomic mass is 10.3. The number of nitrogens with zero attached hydrogens (tertiary/aromatic N) is 5. The quantitative estimate of drug-likeness (QED) is 0.329. The van der Waals surface area contributed by atoms with Gasteiger partial charge in [0.25, 0.3) is 0 Å². The number of benzene rings is 1. The van der Waals surface area contributed by atoms with Gasteiger partial charge in [0.05, 0.1) is 12.9 Å². The van der Waals surface area contributed by atoms with Gasteiger partial charge in [0.2, 0.25) is 0 Å². The van der Waals surface area contributed by atoms with Crippen LogP contribution in [0.4, 0.5) is 0 Å². The van der Waals surface area contributed by atoms with E-state index in [2.05, 4.69) is 20.2 Å². The Bertz CT molecular complexity index is 942. The summed E-state index contributed by atoms with van der Waals surface area (Å²) in [5, 5.41) is 9.62. The van der Waals surface area contributed by atoms with Crippen molar-refractivity contribution in [3.8, 4) is 5.69 Å². The first kappa shape index (κ1) is 20.3. The van der Waals surface area contributed by atoms with Crippen LogP contribution in [0, 0.1) is 13.8 Å². The predicted molar refractivity (Wildman–Crippen MR) is 110 cm³/mol. The molecular formula is C19H21N5O2S2. The number of para-hydroxylation sites is 1. The number of thioether (sulfide) groups is 2. The third kappa shape index (κ3) is 4.90. The van der Waals surface area contributed by atoms with Gasteiger partial charge in [-0.2, -0.15) is 0 Å². The Hall–Kier alpha value is -2.39. The van der Waals surface area contributed by atoms with E-state index in [1.165, 1.54) is 30.6 Å². The van der Waals surface area contributed by atoms with Crippen molar-refractivity contribution in [2.24, 2.45) is 0 Å². The molecule has 1 atom stereocenters. The van der Waals surface area contributed by atoms with Crippen molar-refractivity contribution in [3.05, 3.63) is 53.6 Å². The minimum Gasteiger partial charge on any atom is -0.468 e. The zero-order valence-electron chi connectivity index (χ0n) is 16.1. The second-order valence-corrected chi connectivity index (χ2v) is 8.33. The van der Waals surface area contributed by atoms with Crippen LogP contribution in [-0.4, -0.2) is 43.1 Å². The molecular weight excluding hydrogens is 394 g/mol. The number of hydrogen-bond donors (Lipinski definition) is 0. The van der Waals surface area contributed by atoms with Gasteiger partial charge in [-0.15, -0.1) is 10.2 Å². The second kappa shape index (κ2) is 9.20. The SMILES string of the molecule is COC(=O)[C@H](C)Sc1nnc(CSc2nc(C)cc(C)n2)n1-c1ccccc1. The third-order valence-corrected chi connectivity index (χ3v) is 5.69. The van der Waals surface area contributed by atoms with E-state index < -0.39 is 0 Å². The molecule has 0 aliphatic heterocycles. The fourth-order valence-electron chi connectivity index (χ4n) is 2.57. The lowest BCUT2D eigenvalue weighted by Crippen LogP contribution is -2.15. The number of aromatic nitrogens is 5. The Morgan fingerprint density at radius 1 is 1.14 bits per heavy atom. The highest BCUT2D eigenvalue weighted by atomic mass is 32.2. The van der Waals surface area contributed by atoms with Crippen molar-refractivity contribution in [2.45, 2.75) is 42.1 Å². The number of ether oxygens (including phenoxy) is 1. The Balaban J connectivity index is 1.89. The van der Waals surface area contributed by atoms with Gasteiger partial charge in [0, 0.05) is 17.1 Å². The summed E-state index contributed by atoms with van der Waals surface area (Å²) < 4.78 is 6.78. The number of rotatable bonds is 7. The van der Waals surface area contributed by atoms with Crippen LogP contribution in [0.5, 0.6) is 0 Å². The Morgan fingerprint density at radius 2 is 1.82 bits per heavy atom. The third-order valence-electron chi connectivity index (χ3n) is 3.82. The van der Waals surface area contributed by atoms with E-state index >= 15 is 0 Å². The van der Waals surface area contributed by atoms with Crippen molar-refractivity contribution >= 4 is 29.5 Å². The molecule has 0 saturated carbocycles. The average molecular weight is 416 g/mol. The van der Waals surface area contributed by atoms with Crippen LogP contribution in [0.2, 0.25) is 0 Å². The minimum atomic E-state index is -0.389. The normalized spacial score (nSPS) is 12.0. The van der Waals surface area contributed by atoms with Crippen LogP contribution in [0.3, 0.4) is 0 Å². The number of carbonyl (C=O) groups excluding carboxylic acids is 1. The molecule has 0 unspecified atom stereocenters. The molecule has 3 rings (SSSR count). The van der Waals surface area contributed by atoms with Crippen molar-refractivity contribution in [1.29, 1.82) is 0 Å². The summed E-state index contributed by atoms with van der Waals surface area (Å²) in [6.45, 7) is 5.70. The second-order valence-electron chi connectivity index (χ2n) is 6.07. The Kier molecular flexibility index (Phi) is 6.69. The summed E-state index contributed by atoms with van der Waals surface area (Å²) in [5.74, 6) is 1.02. The predicted octanol–water partition coefficient (Wildman–Crippen LogP) is 3.62. The molecule has 3 aromatic rings. The molecule has 2 heterocycles. The molecule has 0 aliphatic carbocycles. The van der Waals surface area contributed by atoms with E-state index in [0.717, 1.165) is 22.9 Å². The number of hydrogen-bond acceptors (Lipinski definition) is 8. The Morgan fingerprint density at radius 3 is 2.46 bits per heavy atom. The lowest BCUT2D eigenvalue weighted by molar-refractivity contribution is -0.139. The summed E-state index contributed by atoms with van der Waals surface area (Å²) in [6, 6.07) is 11.8. The van der Waals surface area contributed by atoms with Crippen molar-refractivity contribution in [1.82, 2.24) is 24.7 Å². The number of methoxy groups -OCH3 is 1. The fraction of sp³-hybridized carbons (Fsp3) is 0.316. The molecule has 146 valence electrons. The van der Waals surface area contributed by atoms with Gasteiger partial charge >= 0.3 is 5.97 Å². The zero-order chi connectivity index (χ0) is 20.1. The van der Waals surface area contributed by atoms with Crippen LogP contribution >= 0.6 is 23.5 Å². The summed E-state index contributed by atoms with van der Waals surface area (Å²) in [6.07, 6.45) is 0. The first-order chi connectivity index (χ1) is 13.5. The molecule has 0 saturated heterocycles. The van der Waals surface area contributed by atoms with Crippen LogP contribution in [0.1, 0.15) is 24.1 Å². The van der Waals surface area contributed by atoms with Crippen LogP contribution < -0.4 is 0 Å². The van der Waals surface area contributed by atoms with Gasteiger partial charge < -0.3 is 4.74 Å². The fourth-order valence-corrected chi connectivity index (χ4v) is 4.34. The molecule has 0 spiro atoms. The molecule has 2 aromatic heterocycles. The van der Waals surface area contributed by atoms with Crippen LogP contribution in [-0.2, 0) is 15.3 Å². The maximum absolute atomic E-state index is 11.8. The van der Waals surface area contributed by atoms with Crippen molar-refractivity contribution in [3.63, 3.8) is 0 Å². The van der Waals surface area contributed by atoms with E-state index in [0.29, 0.717) is 16.1 Å². The highest BCUT2D eigenvalue weighted by Crippen LogP contribution is 2.28. The summed E-state index contributed by atoms with van der Waals surface area (Å²) in [5.41, 5.74) is 2.80. The topological polar surface area (TPSA) is 82.8 Å². The van der Waals surface area contributed by atoms with E-state index in [-0.39, 0.29) is 11.2 Å². The molecule has 9 heteroatoms. The number of aryl methyl sites for hydroxylation is 2. The molecule has 0 radical (unpaired) electrons. The molecule has 0 fully saturated rings. The molecule has 7 nitrogen and oxygen atoms in total. The standard InChI is InChI=1S/C19H21N5O2S2/c1-12-10-13(2)21-18(20-12)27-11-16-22-23-19(28-14(3)17(25)26-4)24(16)15-8-6-5-7-9-15/h5-10,14H,11H2,1-4H3/t14-/m0/s1. The molecule has 0 amide bonds. The highest BCUT2D eigenvalue weighted by Gasteiger charge is 2.21. The smallest absolute Gasteiger partial charge is 0.318 e. The van der Waals surface area contributed by atoms with Crippen molar-refractivity contribution < 1.29 is 9.53 Å². The van der Waals surface area contributed by atoms with E-state index in [4.69, 9.17) is 4.74 Å². The van der Waals surface area contributed by atoms with Crippen LogP contribution in [0.15, 0.2) is 46.7 Å². The summed E-state index contributed by atoms with van der Waals surface area (Å²) >= 11 is 2.83. The van der Waals surface area contributed by atoms with Gasteiger partial charge in [-0.3, -0.25) is 9.36 Å². The highest BCUT2D eigenvalue weighted by molar-refractivity contribution is 8.00. The number of carbonyl (C=O) groups is 1. The summed E-state index contributed by atoms with van der Waals surface area (Å²) in [4.78, 5) is 20.8. The maximum atomic E-state index is 11.8. The molecule has 28 heavy (non-hydrogen) atoms. The zero-order valence-corrected chi connectivity index (χ0v) is 17.8. The molecule has 0 N–H and O–H groups in total. The van der Waals surface area contributed by atoms with E-state index in [1.807, 2.05) is 54.8 Å². The monoisotopic (exact) mass is 415 g/mol. The summed E-state index contributed by atoms with van der Waals surface area (Å²) in [7, 11) is 1.38. The van der Waals surface area contributed by atoms with Crippen LogP contribution in [0.25, 0.3) is 5.69 Å².